The van der Waals surface area contributed by atoms with Gasteiger partial charge < -0.3 is 10.2 Å². The Morgan fingerprint density at radius 1 is 1.19 bits per heavy atom. The number of thiophene rings is 1. The smallest absolute Gasteiger partial charge is 0.241 e. The molecule has 1 saturated heterocycles. The number of carbonyl (C=O) groups is 1. The maximum Gasteiger partial charge on any atom is 0.241 e. The molecular weight excluding hydrogens is 382 g/mol. The molecular formula is C19H20ClN5OS. The second-order valence-electron chi connectivity index (χ2n) is 6.50. The quantitative estimate of drug-likeness (QED) is 0.725. The molecule has 8 heteroatoms. The topological polar surface area (TPSA) is 61.4 Å². The maximum absolute atomic E-state index is 12.6. The molecule has 6 nitrogen and oxygen atoms in total. The van der Waals surface area contributed by atoms with Gasteiger partial charge in [-0.1, -0.05) is 23.7 Å². The van der Waals surface area contributed by atoms with E-state index >= 15 is 0 Å². The molecule has 0 bridgehead atoms. The van der Waals surface area contributed by atoms with E-state index in [2.05, 4.69) is 31.2 Å². The maximum atomic E-state index is 12.6. The summed E-state index contributed by atoms with van der Waals surface area (Å²) in [5, 5.41) is 6.61. The van der Waals surface area contributed by atoms with E-state index in [9.17, 15) is 4.79 Å². The lowest BCUT2D eigenvalue weighted by molar-refractivity contribution is -0.120. The van der Waals surface area contributed by atoms with Gasteiger partial charge in [0.25, 0.3) is 0 Å². The largest absolute Gasteiger partial charge is 0.353 e. The van der Waals surface area contributed by atoms with E-state index in [0.29, 0.717) is 10.7 Å². The van der Waals surface area contributed by atoms with Crippen molar-refractivity contribution in [1.82, 2.24) is 14.9 Å². The highest BCUT2D eigenvalue weighted by molar-refractivity contribution is 7.16. The van der Waals surface area contributed by atoms with Crippen LogP contribution in [0.25, 0.3) is 10.2 Å². The van der Waals surface area contributed by atoms with Gasteiger partial charge in [0.05, 0.1) is 22.1 Å². The van der Waals surface area contributed by atoms with Crippen LogP contribution in [0.5, 0.6) is 0 Å². The third-order valence-corrected chi connectivity index (χ3v) is 6.06. The van der Waals surface area contributed by atoms with Crippen LogP contribution < -0.4 is 10.2 Å². The van der Waals surface area contributed by atoms with E-state index in [-0.39, 0.29) is 11.9 Å². The molecule has 1 amide bonds. The number of halogens is 1. The Labute approximate surface area is 166 Å². The predicted molar refractivity (Wildman–Crippen MR) is 111 cm³/mol. The normalized spacial score (nSPS) is 16.4. The number of benzene rings is 1. The van der Waals surface area contributed by atoms with E-state index in [0.717, 1.165) is 42.2 Å². The molecule has 3 aromatic rings. The number of hydrogen-bond acceptors (Lipinski definition) is 6. The van der Waals surface area contributed by atoms with Gasteiger partial charge in [-0.3, -0.25) is 9.69 Å². The number of rotatable bonds is 4. The Morgan fingerprint density at radius 3 is 2.74 bits per heavy atom. The summed E-state index contributed by atoms with van der Waals surface area (Å²) in [6.45, 7) is 5.18. The van der Waals surface area contributed by atoms with Crippen molar-refractivity contribution in [3.8, 4) is 0 Å². The second kappa shape index (κ2) is 7.80. The first kappa shape index (κ1) is 18.2. The number of fused-ring (bicyclic) bond motifs is 1. The third kappa shape index (κ3) is 3.76. The van der Waals surface area contributed by atoms with Crippen LogP contribution in [-0.4, -0.2) is 53.0 Å². The zero-order valence-corrected chi connectivity index (χ0v) is 16.5. The summed E-state index contributed by atoms with van der Waals surface area (Å²) in [4.78, 5) is 26.9. The lowest BCUT2D eigenvalue weighted by atomic mass is 10.2. The summed E-state index contributed by atoms with van der Waals surface area (Å²) in [7, 11) is 0. The SMILES string of the molecule is CC(C(=O)Nc1ccccc1Cl)N1CCN(c2ncnc3sccc23)CC1. The van der Waals surface area contributed by atoms with Gasteiger partial charge in [-0.05, 0) is 30.5 Å². The van der Waals surface area contributed by atoms with Gasteiger partial charge in [0.2, 0.25) is 5.91 Å². The van der Waals surface area contributed by atoms with Crippen LogP contribution in [0.3, 0.4) is 0 Å². The van der Waals surface area contributed by atoms with Gasteiger partial charge in [0, 0.05) is 26.2 Å². The third-order valence-electron chi connectivity index (χ3n) is 4.91. The van der Waals surface area contributed by atoms with Gasteiger partial charge in [-0.2, -0.15) is 0 Å². The first-order valence-corrected chi connectivity index (χ1v) is 10.1. The van der Waals surface area contributed by atoms with Crippen molar-refractivity contribution in [2.45, 2.75) is 13.0 Å². The molecule has 1 atom stereocenters. The summed E-state index contributed by atoms with van der Waals surface area (Å²) in [5.41, 5.74) is 0.649. The summed E-state index contributed by atoms with van der Waals surface area (Å²) in [5.74, 6) is 0.938. The van der Waals surface area contributed by atoms with Crippen LogP contribution in [-0.2, 0) is 4.79 Å². The Kier molecular flexibility index (Phi) is 5.24. The minimum Gasteiger partial charge on any atom is -0.353 e. The first-order chi connectivity index (χ1) is 13.1. The van der Waals surface area contributed by atoms with Gasteiger partial charge in [0.1, 0.15) is 17.0 Å². The van der Waals surface area contributed by atoms with Gasteiger partial charge >= 0.3 is 0 Å². The second-order valence-corrected chi connectivity index (χ2v) is 7.81. The molecule has 140 valence electrons. The van der Waals surface area contributed by atoms with Gasteiger partial charge in [-0.25, -0.2) is 9.97 Å². The summed E-state index contributed by atoms with van der Waals surface area (Å²) in [6, 6.07) is 9.13. The van der Waals surface area contributed by atoms with E-state index in [1.807, 2.05) is 30.5 Å². The molecule has 1 unspecified atom stereocenters. The minimum atomic E-state index is -0.227. The molecule has 4 rings (SSSR count). The highest BCUT2D eigenvalue weighted by atomic mass is 35.5. The average Bonchev–Trinajstić information content (AvgIpc) is 3.18. The van der Waals surface area contributed by atoms with Gasteiger partial charge in [0.15, 0.2) is 0 Å². The van der Waals surface area contributed by atoms with Crippen LogP contribution in [0, 0.1) is 0 Å². The number of carbonyl (C=O) groups excluding carboxylic acids is 1. The fourth-order valence-electron chi connectivity index (χ4n) is 3.32. The number of anilines is 2. The number of hydrogen-bond donors (Lipinski definition) is 1. The zero-order valence-electron chi connectivity index (χ0n) is 14.9. The molecule has 1 aromatic carbocycles. The lowest BCUT2D eigenvalue weighted by Crippen LogP contribution is -2.53. The van der Waals surface area contributed by atoms with Crippen molar-refractivity contribution in [3.63, 3.8) is 0 Å². The zero-order chi connectivity index (χ0) is 18.8. The molecule has 1 fully saturated rings. The van der Waals surface area contributed by atoms with E-state index in [4.69, 9.17) is 11.6 Å². The van der Waals surface area contributed by atoms with Crippen LogP contribution in [0.15, 0.2) is 42.0 Å². The van der Waals surface area contributed by atoms with Crippen molar-refractivity contribution in [2.75, 3.05) is 36.4 Å². The average molecular weight is 402 g/mol. The Balaban J connectivity index is 1.39. The number of piperazine rings is 1. The molecule has 0 saturated carbocycles. The highest BCUT2D eigenvalue weighted by Crippen LogP contribution is 2.27. The molecule has 1 aliphatic rings. The molecule has 0 radical (unpaired) electrons. The van der Waals surface area contributed by atoms with Crippen molar-refractivity contribution < 1.29 is 4.79 Å². The monoisotopic (exact) mass is 401 g/mol. The number of para-hydroxylation sites is 1. The molecule has 1 N–H and O–H groups in total. The van der Waals surface area contributed by atoms with Crippen molar-refractivity contribution in [3.05, 3.63) is 47.1 Å². The molecule has 0 spiro atoms. The molecule has 2 aromatic heterocycles. The van der Waals surface area contributed by atoms with Crippen LogP contribution in [0.2, 0.25) is 5.02 Å². The standard InChI is InChI=1S/C19H20ClN5OS/c1-13(18(26)23-16-5-3-2-4-15(16)20)24-7-9-25(10-8-24)17-14-6-11-27-19(14)22-12-21-17/h2-6,11-13H,7-10H2,1H3,(H,23,26). The van der Waals surface area contributed by atoms with Crippen molar-refractivity contribution in [2.24, 2.45) is 0 Å². The molecule has 3 heterocycles. The van der Waals surface area contributed by atoms with E-state index in [1.165, 1.54) is 0 Å². The summed E-state index contributed by atoms with van der Waals surface area (Å²) in [6.07, 6.45) is 1.63. The number of aromatic nitrogens is 2. The van der Waals surface area contributed by atoms with Crippen LogP contribution >= 0.6 is 22.9 Å². The Hall–Kier alpha value is -2.22. The number of amides is 1. The first-order valence-electron chi connectivity index (χ1n) is 8.86. The number of nitrogens with one attached hydrogen (secondary N) is 1. The van der Waals surface area contributed by atoms with E-state index in [1.54, 1.807) is 23.7 Å². The predicted octanol–water partition coefficient (Wildman–Crippen LogP) is 3.49. The Morgan fingerprint density at radius 2 is 1.96 bits per heavy atom. The van der Waals surface area contributed by atoms with E-state index < -0.39 is 0 Å². The lowest BCUT2D eigenvalue weighted by Gasteiger charge is -2.38. The molecule has 0 aliphatic carbocycles. The summed E-state index contributed by atoms with van der Waals surface area (Å²) >= 11 is 7.76. The van der Waals surface area contributed by atoms with Crippen molar-refractivity contribution >= 4 is 50.6 Å². The minimum absolute atomic E-state index is 0.0428. The van der Waals surface area contributed by atoms with Crippen LogP contribution in [0.1, 0.15) is 6.92 Å². The fourth-order valence-corrected chi connectivity index (χ4v) is 4.23. The number of nitrogens with zero attached hydrogens (tertiary/aromatic N) is 4. The summed E-state index contributed by atoms with van der Waals surface area (Å²) < 4.78 is 0. The van der Waals surface area contributed by atoms with Crippen LogP contribution in [0.4, 0.5) is 11.5 Å². The Bertz CT molecular complexity index is 954. The molecule has 1 aliphatic heterocycles. The molecule has 27 heavy (non-hydrogen) atoms. The fraction of sp³-hybridized carbons (Fsp3) is 0.316. The van der Waals surface area contributed by atoms with Crippen molar-refractivity contribution in [1.29, 1.82) is 0 Å². The van der Waals surface area contributed by atoms with Gasteiger partial charge in [-0.15, -0.1) is 11.3 Å². The highest BCUT2D eigenvalue weighted by Gasteiger charge is 2.27.